The van der Waals surface area contributed by atoms with E-state index in [-0.39, 0.29) is 0 Å². The van der Waals surface area contributed by atoms with Crippen LogP contribution in [0.15, 0.2) is 0 Å². The van der Waals surface area contributed by atoms with Gasteiger partial charge in [0.1, 0.15) is 0 Å². The third-order valence-electron chi connectivity index (χ3n) is 4.71. The van der Waals surface area contributed by atoms with Crippen molar-refractivity contribution in [2.75, 3.05) is 33.2 Å². The van der Waals surface area contributed by atoms with Crippen molar-refractivity contribution >= 4 is 5.91 Å². The zero-order chi connectivity index (χ0) is 13.8. The zero-order valence-electron chi connectivity index (χ0n) is 12.7. The third kappa shape index (κ3) is 3.93. The summed E-state index contributed by atoms with van der Waals surface area (Å²) < 4.78 is 0. The van der Waals surface area contributed by atoms with Crippen LogP contribution in [0, 0.1) is 5.92 Å². The van der Waals surface area contributed by atoms with Gasteiger partial charge in [0, 0.05) is 25.2 Å². The number of likely N-dealkylation sites (tertiary alicyclic amines) is 1. The van der Waals surface area contributed by atoms with Gasteiger partial charge in [-0.2, -0.15) is 0 Å². The molecule has 2 aliphatic rings. The topological polar surface area (TPSA) is 35.6 Å². The zero-order valence-corrected chi connectivity index (χ0v) is 12.7. The van der Waals surface area contributed by atoms with E-state index in [1.165, 1.54) is 25.7 Å². The van der Waals surface area contributed by atoms with Gasteiger partial charge in [-0.05, 0) is 59.0 Å². The highest BCUT2D eigenvalue weighted by Gasteiger charge is 2.33. The average Bonchev–Trinajstić information content (AvgIpc) is 3.23. The van der Waals surface area contributed by atoms with Gasteiger partial charge >= 0.3 is 0 Å². The van der Waals surface area contributed by atoms with Crippen molar-refractivity contribution in [1.82, 2.24) is 15.1 Å². The number of hydrogen-bond acceptors (Lipinski definition) is 3. The number of amides is 1. The highest BCUT2D eigenvalue weighted by Crippen LogP contribution is 2.27. The van der Waals surface area contributed by atoms with Gasteiger partial charge in [-0.15, -0.1) is 0 Å². The molecule has 4 heteroatoms. The number of piperidine rings is 1. The number of nitrogens with zero attached hydrogens (tertiary/aromatic N) is 2. The predicted molar refractivity (Wildman–Crippen MR) is 78.1 cm³/mol. The molecule has 0 spiro atoms. The van der Waals surface area contributed by atoms with E-state index in [9.17, 15) is 4.79 Å². The molecule has 2 rings (SSSR count). The normalized spacial score (nSPS) is 26.2. The Kier molecular flexibility index (Phi) is 5.22. The van der Waals surface area contributed by atoms with Crippen LogP contribution >= 0.6 is 0 Å². The summed E-state index contributed by atoms with van der Waals surface area (Å²) in [5.41, 5.74) is 0. The minimum atomic E-state index is 0.336. The molecule has 2 fully saturated rings. The molecule has 2 atom stereocenters. The summed E-state index contributed by atoms with van der Waals surface area (Å²) in [5, 5.41) is 3.35. The molecule has 0 bridgehead atoms. The highest BCUT2D eigenvalue weighted by atomic mass is 16.2. The Morgan fingerprint density at radius 2 is 2.16 bits per heavy atom. The summed E-state index contributed by atoms with van der Waals surface area (Å²) in [6.07, 6.45) is 4.92. The lowest BCUT2D eigenvalue weighted by molar-refractivity contribution is -0.133. The first-order chi connectivity index (χ1) is 9.15. The quantitative estimate of drug-likeness (QED) is 0.788. The minimum absolute atomic E-state index is 0.336. The molecule has 19 heavy (non-hydrogen) atoms. The number of nitrogens with one attached hydrogen (secondary N) is 1. The molecule has 4 nitrogen and oxygen atoms in total. The van der Waals surface area contributed by atoms with E-state index in [4.69, 9.17) is 0 Å². The van der Waals surface area contributed by atoms with E-state index >= 15 is 0 Å². The number of hydrogen-bond donors (Lipinski definition) is 1. The molecule has 1 saturated carbocycles. The molecular weight excluding hydrogens is 238 g/mol. The maximum atomic E-state index is 12.3. The van der Waals surface area contributed by atoms with Gasteiger partial charge in [-0.3, -0.25) is 9.69 Å². The first-order valence-electron chi connectivity index (χ1n) is 7.84. The smallest absolute Gasteiger partial charge is 0.236 e. The predicted octanol–water partition coefficient (Wildman–Crippen LogP) is 1.32. The van der Waals surface area contributed by atoms with E-state index in [2.05, 4.69) is 29.0 Å². The summed E-state index contributed by atoms with van der Waals surface area (Å²) in [6.45, 7) is 7.98. The van der Waals surface area contributed by atoms with Crippen LogP contribution in [0.1, 0.15) is 39.5 Å². The summed E-state index contributed by atoms with van der Waals surface area (Å²) in [7, 11) is 2.03. The molecule has 0 aromatic carbocycles. The van der Waals surface area contributed by atoms with Crippen LogP contribution in [-0.4, -0.2) is 61.0 Å². The largest absolute Gasteiger partial charge is 0.339 e. The van der Waals surface area contributed by atoms with E-state index in [1.807, 2.05) is 7.05 Å². The Balaban J connectivity index is 1.82. The van der Waals surface area contributed by atoms with Crippen LogP contribution in [0.4, 0.5) is 0 Å². The second-order valence-corrected chi connectivity index (χ2v) is 6.13. The molecule has 1 aliphatic carbocycles. The maximum absolute atomic E-state index is 12.3. The van der Waals surface area contributed by atoms with Crippen LogP contribution in [0.5, 0.6) is 0 Å². The van der Waals surface area contributed by atoms with E-state index in [0.717, 1.165) is 19.6 Å². The van der Waals surface area contributed by atoms with E-state index in [1.54, 1.807) is 0 Å². The first-order valence-corrected chi connectivity index (χ1v) is 7.84. The lowest BCUT2D eigenvalue weighted by Gasteiger charge is -2.36. The summed E-state index contributed by atoms with van der Waals surface area (Å²) in [4.78, 5) is 16.8. The molecule has 0 radical (unpaired) electrons. The van der Waals surface area contributed by atoms with Gasteiger partial charge in [-0.25, -0.2) is 0 Å². The fraction of sp³-hybridized carbons (Fsp3) is 0.933. The Hall–Kier alpha value is -0.610. The van der Waals surface area contributed by atoms with Crippen LogP contribution in [0.2, 0.25) is 0 Å². The molecule has 110 valence electrons. The molecule has 2 unspecified atom stereocenters. The van der Waals surface area contributed by atoms with Gasteiger partial charge in [0.2, 0.25) is 5.91 Å². The molecule has 1 heterocycles. The first kappa shape index (κ1) is 14.8. The number of carbonyl (C=O) groups excluding carboxylic acids is 1. The summed E-state index contributed by atoms with van der Waals surface area (Å²) >= 11 is 0. The van der Waals surface area contributed by atoms with Gasteiger partial charge in [0.25, 0.3) is 0 Å². The van der Waals surface area contributed by atoms with Crippen molar-refractivity contribution in [2.24, 2.45) is 5.92 Å². The monoisotopic (exact) mass is 267 g/mol. The minimum Gasteiger partial charge on any atom is -0.339 e. The fourth-order valence-electron chi connectivity index (χ4n) is 3.19. The molecule has 0 aromatic rings. The van der Waals surface area contributed by atoms with Gasteiger partial charge in [0.05, 0.1) is 6.54 Å². The summed E-state index contributed by atoms with van der Waals surface area (Å²) in [6, 6.07) is 1.10. The fourth-order valence-corrected chi connectivity index (χ4v) is 3.19. The van der Waals surface area contributed by atoms with Crippen LogP contribution in [-0.2, 0) is 4.79 Å². The number of carbonyl (C=O) groups is 1. The second-order valence-electron chi connectivity index (χ2n) is 6.13. The van der Waals surface area contributed by atoms with Crippen molar-refractivity contribution in [2.45, 2.75) is 51.6 Å². The molecule has 1 amide bonds. The Labute approximate surface area is 117 Å². The van der Waals surface area contributed by atoms with Crippen LogP contribution < -0.4 is 5.32 Å². The molecule has 1 N–H and O–H groups in total. The van der Waals surface area contributed by atoms with Crippen molar-refractivity contribution in [1.29, 1.82) is 0 Å². The van der Waals surface area contributed by atoms with Crippen molar-refractivity contribution in [3.63, 3.8) is 0 Å². The van der Waals surface area contributed by atoms with Gasteiger partial charge in [0.15, 0.2) is 0 Å². The molecule has 1 aliphatic heterocycles. The van der Waals surface area contributed by atoms with Crippen molar-refractivity contribution < 1.29 is 4.79 Å². The van der Waals surface area contributed by atoms with Crippen molar-refractivity contribution in [3.05, 3.63) is 0 Å². The SMILES string of the molecule is CCN(C(=O)CN1CCCC(C(C)NC)C1)C1CC1. The second kappa shape index (κ2) is 6.71. The molecule has 1 saturated heterocycles. The third-order valence-corrected chi connectivity index (χ3v) is 4.71. The Morgan fingerprint density at radius 1 is 1.42 bits per heavy atom. The standard InChI is InChI=1S/C15H29N3O/c1-4-18(14-7-8-14)15(19)11-17-9-5-6-13(10-17)12(2)16-3/h12-14,16H,4-11H2,1-3H3. The van der Waals surface area contributed by atoms with Crippen LogP contribution in [0.25, 0.3) is 0 Å². The Morgan fingerprint density at radius 3 is 2.74 bits per heavy atom. The number of likely N-dealkylation sites (N-methyl/N-ethyl adjacent to an activating group) is 1. The molecular formula is C15H29N3O. The lowest BCUT2D eigenvalue weighted by Crippen LogP contribution is -2.48. The lowest BCUT2D eigenvalue weighted by atomic mass is 9.91. The van der Waals surface area contributed by atoms with Crippen molar-refractivity contribution in [3.8, 4) is 0 Å². The van der Waals surface area contributed by atoms with E-state index < -0.39 is 0 Å². The van der Waals surface area contributed by atoms with Gasteiger partial charge < -0.3 is 10.2 Å². The van der Waals surface area contributed by atoms with Gasteiger partial charge in [-0.1, -0.05) is 0 Å². The maximum Gasteiger partial charge on any atom is 0.236 e. The summed E-state index contributed by atoms with van der Waals surface area (Å²) in [5.74, 6) is 1.02. The number of rotatable bonds is 6. The van der Waals surface area contributed by atoms with E-state index in [0.29, 0.717) is 30.5 Å². The van der Waals surface area contributed by atoms with Crippen LogP contribution in [0.3, 0.4) is 0 Å². The highest BCUT2D eigenvalue weighted by molar-refractivity contribution is 5.78. The average molecular weight is 267 g/mol. The molecule has 0 aromatic heterocycles. The Bertz CT molecular complexity index is 304.